The summed E-state index contributed by atoms with van der Waals surface area (Å²) in [7, 11) is 0. The quantitative estimate of drug-likeness (QED) is 0.0803. The molecule has 0 aliphatic heterocycles. The first kappa shape index (κ1) is 70.0. The summed E-state index contributed by atoms with van der Waals surface area (Å²) in [6.07, 6.45) is 15.5. The van der Waals surface area contributed by atoms with Gasteiger partial charge in [-0.2, -0.15) is 0 Å². The molecule has 0 unspecified atom stereocenters. The topological polar surface area (TPSA) is 42.7 Å². The van der Waals surface area contributed by atoms with E-state index in [0.29, 0.717) is 0 Å². The molecule has 5 aliphatic carbocycles. The minimum atomic E-state index is -0.406. The van der Waals surface area contributed by atoms with Gasteiger partial charge in [0.15, 0.2) is 0 Å². The molecule has 4 nitrogen and oxygen atoms in total. The molecule has 0 saturated heterocycles. The van der Waals surface area contributed by atoms with E-state index in [9.17, 15) is 0 Å². The SMILES string of the molecule is CCCCCCCC1(CCCCCCC)c2ccccc2-c2ccc(-c3ccc4c(c3)C(C)(C)c3cc(-c5ccc(-c6cc7c(c8c6oc6ccccc68)-c6ccc(N(c8ccc9c(c8)C(C)(C)c8cc%10c(cc8-9)C(C)(C)c8ccc9oc%11ccccc%11c9c8-%10)c8ccc9oc%10ccccc%10c9c8)cc6C7(C)C)cc5)ccc3-4)cc21. The van der Waals surface area contributed by atoms with E-state index in [4.69, 9.17) is 13.3 Å². The van der Waals surface area contributed by atoms with Crippen molar-refractivity contribution in [2.75, 3.05) is 4.90 Å². The molecule has 115 heavy (non-hydrogen) atoms. The zero-order valence-corrected chi connectivity index (χ0v) is 68.0. The molecule has 0 N–H and O–H groups in total. The van der Waals surface area contributed by atoms with Crippen molar-refractivity contribution in [3.05, 3.63) is 316 Å². The molecule has 0 fully saturated rings. The lowest BCUT2D eigenvalue weighted by Gasteiger charge is -2.33. The number of para-hydroxylation sites is 3. The standard InChI is InChI=1S/C111H97NO3/c1-11-13-15-17-27-55-111(56-28-18-16-14-12-2)87-33-23-19-29-74(87)77-49-43-70(59-95(77)111)69-42-48-76-75-47-41-68(57-89(75)108(5,6)90(76)58-69)66-37-39-67(40-38-66)83-63-96-102(105-82-32-22-26-36-99(82)115-106(83)105)80-51-45-73(62-92(80)110(96,9)10)112(71-46-53-100-85(60-71)79-30-20-24-34-97(79)113-100)72-44-50-78-84-64-94-86(65-93(84)109(7,8)91(78)61-72)103-88(107(94,3)4)52-54-101-104(103)81-31-21-25-35-98(81)114-101/h19-26,29-54,57-65H,11-18,27-28,55-56H2,1-10H3. The first-order valence-corrected chi connectivity index (χ1v) is 42.7. The largest absolute Gasteiger partial charge is 0.456 e. The summed E-state index contributed by atoms with van der Waals surface area (Å²) in [5, 5.41) is 6.88. The second-order valence-corrected chi connectivity index (χ2v) is 36.4. The van der Waals surface area contributed by atoms with Gasteiger partial charge in [-0.15, -0.1) is 0 Å². The Balaban J connectivity index is 0.602. The highest BCUT2D eigenvalue weighted by atomic mass is 16.3. The predicted octanol–water partition coefficient (Wildman–Crippen LogP) is 32.1. The molecule has 0 saturated carbocycles. The van der Waals surface area contributed by atoms with Crippen molar-refractivity contribution in [3.8, 4) is 89.0 Å². The lowest BCUT2D eigenvalue weighted by molar-refractivity contribution is 0.399. The average Bonchev–Trinajstić information content (AvgIpc) is 1.53. The van der Waals surface area contributed by atoms with Crippen LogP contribution in [-0.2, 0) is 27.1 Å². The Bertz CT molecular complexity index is 6940. The van der Waals surface area contributed by atoms with Gasteiger partial charge in [0.05, 0.1) is 0 Å². The number of hydrogen-bond acceptors (Lipinski definition) is 4. The Kier molecular flexibility index (Phi) is 15.6. The summed E-state index contributed by atoms with van der Waals surface area (Å²) in [4.78, 5) is 2.50. The fourth-order valence-corrected chi connectivity index (χ4v) is 22.4. The van der Waals surface area contributed by atoms with Crippen molar-refractivity contribution in [2.24, 2.45) is 0 Å². The monoisotopic (exact) mass is 1490 g/mol. The molecule has 0 bridgehead atoms. The minimum Gasteiger partial charge on any atom is -0.456 e. The maximum absolute atomic E-state index is 7.16. The molecule has 4 heteroatoms. The number of benzene rings is 14. The van der Waals surface area contributed by atoms with Crippen LogP contribution in [0.2, 0.25) is 0 Å². The maximum Gasteiger partial charge on any atom is 0.143 e. The zero-order valence-electron chi connectivity index (χ0n) is 68.0. The fourth-order valence-electron chi connectivity index (χ4n) is 22.4. The Morgan fingerprint density at radius 3 is 1.32 bits per heavy atom. The van der Waals surface area contributed by atoms with Gasteiger partial charge in [0.25, 0.3) is 0 Å². The van der Waals surface area contributed by atoms with Crippen molar-refractivity contribution in [2.45, 2.75) is 173 Å². The van der Waals surface area contributed by atoms with Crippen LogP contribution in [0.1, 0.15) is 202 Å². The lowest BCUT2D eigenvalue weighted by Crippen LogP contribution is -2.25. The Morgan fingerprint density at radius 1 is 0.243 bits per heavy atom. The predicted molar refractivity (Wildman–Crippen MR) is 482 cm³/mol. The number of nitrogens with zero attached hydrogens (tertiary/aromatic N) is 1. The van der Waals surface area contributed by atoms with Gasteiger partial charge in [-0.25, -0.2) is 0 Å². The van der Waals surface area contributed by atoms with E-state index in [2.05, 4.69) is 335 Å². The van der Waals surface area contributed by atoms with Crippen LogP contribution in [0, 0.1) is 0 Å². The van der Waals surface area contributed by atoms with E-state index in [-0.39, 0.29) is 21.7 Å². The molecule has 0 radical (unpaired) electrons. The van der Waals surface area contributed by atoms with E-state index in [1.54, 1.807) is 11.1 Å². The Hall–Kier alpha value is -11.7. The van der Waals surface area contributed by atoms with E-state index < -0.39 is 5.41 Å². The third kappa shape index (κ3) is 10.2. The molecular formula is C111H97NO3. The summed E-state index contributed by atoms with van der Waals surface area (Å²) < 4.78 is 20.3. The van der Waals surface area contributed by atoms with Gasteiger partial charge in [-0.1, -0.05) is 291 Å². The highest BCUT2D eigenvalue weighted by Crippen LogP contribution is 2.62. The first-order chi connectivity index (χ1) is 55.9. The van der Waals surface area contributed by atoms with Gasteiger partial charge in [-0.05, 0) is 255 Å². The van der Waals surface area contributed by atoms with E-state index in [0.717, 1.165) is 77.8 Å². The fraction of sp³-hybridized carbons (Fsp3) is 0.243. The van der Waals surface area contributed by atoms with Crippen molar-refractivity contribution in [1.29, 1.82) is 0 Å². The smallest absolute Gasteiger partial charge is 0.143 e. The summed E-state index contributed by atoms with van der Waals surface area (Å²) in [5.41, 5.74) is 42.1. The Labute approximate surface area is 675 Å². The van der Waals surface area contributed by atoms with Crippen LogP contribution >= 0.6 is 0 Å². The molecule has 0 spiro atoms. The maximum atomic E-state index is 7.16. The molecule has 17 aromatic rings. The molecule has 3 aromatic heterocycles. The second-order valence-electron chi connectivity index (χ2n) is 36.4. The normalized spacial score (nSPS) is 15.5. The van der Waals surface area contributed by atoms with Gasteiger partial charge < -0.3 is 18.2 Å². The first-order valence-electron chi connectivity index (χ1n) is 42.7. The second kappa shape index (κ2) is 25.6. The number of fused-ring (bicyclic) bond motifs is 26. The lowest BCUT2D eigenvalue weighted by atomic mass is 9.70. The highest BCUT2D eigenvalue weighted by Gasteiger charge is 2.47. The van der Waals surface area contributed by atoms with Crippen LogP contribution in [-0.4, -0.2) is 0 Å². The van der Waals surface area contributed by atoms with Gasteiger partial charge in [0.2, 0.25) is 0 Å². The van der Waals surface area contributed by atoms with Crippen molar-refractivity contribution >= 4 is 82.9 Å². The molecule has 3 heterocycles. The van der Waals surface area contributed by atoms with E-state index in [1.165, 1.54) is 216 Å². The van der Waals surface area contributed by atoms with Crippen LogP contribution in [0.4, 0.5) is 17.1 Å². The van der Waals surface area contributed by atoms with Gasteiger partial charge in [0.1, 0.15) is 33.5 Å². The van der Waals surface area contributed by atoms with Crippen LogP contribution in [0.15, 0.2) is 274 Å². The van der Waals surface area contributed by atoms with Crippen LogP contribution in [0.25, 0.3) is 155 Å². The molecular weight excluding hydrogens is 1400 g/mol. The molecule has 0 amide bonds. The number of rotatable bonds is 18. The molecule has 0 atom stereocenters. The Morgan fingerprint density at radius 2 is 0.652 bits per heavy atom. The number of anilines is 3. The third-order valence-electron chi connectivity index (χ3n) is 28.6. The molecule has 14 aromatic carbocycles. The van der Waals surface area contributed by atoms with E-state index >= 15 is 0 Å². The van der Waals surface area contributed by atoms with Crippen molar-refractivity contribution < 1.29 is 13.3 Å². The van der Waals surface area contributed by atoms with Gasteiger partial charge in [0, 0.05) is 82.0 Å². The van der Waals surface area contributed by atoms with Crippen LogP contribution < -0.4 is 4.90 Å². The molecule has 5 aliphatic rings. The van der Waals surface area contributed by atoms with Crippen molar-refractivity contribution in [3.63, 3.8) is 0 Å². The van der Waals surface area contributed by atoms with Gasteiger partial charge >= 0.3 is 0 Å². The summed E-state index contributed by atoms with van der Waals surface area (Å²) in [6.45, 7) is 24.1. The average molecular weight is 1490 g/mol. The summed E-state index contributed by atoms with van der Waals surface area (Å²) in [6, 6.07) is 99.8. The minimum absolute atomic E-state index is 0.0405. The zero-order chi connectivity index (χ0) is 77.8. The highest BCUT2D eigenvalue weighted by molar-refractivity contribution is 6.20. The number of hydrogen-bond donors (Lipinski definition) is 0. The van der Waals surface area contributed by atoms with E-state index in [1.807, 2.05) is 0 Å². The van der Waals surface area contributed by atoms with Gasteiger partial charge in [-0.3, -0.25) is 0 Å². The molecule has 564 valence electrons. The van der Waals surface area contributed by atoms with Crippen LogP contribution in [0.5, 0.6) is 0 Å². The molecule has 22 rings (SSSR count). The summed E-state index contributed by atoms with van der Waals surface area (Å²) >= 11 is 0. The van der Waals surface area contributed by atoms with Crippen molar-refractivity contribution in [1.82, 2.24) is 0 Å². The third-order valence-corrected chi connectivity index (χ3v) is 28.6. The number of furan rings is 3. The number of unbranched alkanes of at least 4 members (excludes halogenated alkanes) is 8. The van der Waals surface area contributed by atoms with Crippen LogP contribution in [0.3, 0.4) is 0 Å². The summed E-state index contributed by atoms with van der Waals surface area (Å²) in [5.74, 6) is 0.